The molecule has 1 saturated heterocycles. The van der Waals surface area contributed by atoms with E-state index in [9.17, 15) is 4.79 Å². The van der Waals surface area contributed by atoms with Gasteiger partial charge in [0.05, 0.1) is 0 Å². The van der Waals surface area contributed by atoms with Crippen LogP contribution in [-0.2, 0) is 0 Å². The largest absolute Gasteiger partial charge is 0.490 e. The van der Waals surface area contributed by atoms with E-state index >= 15 is 0 Å². The molecule has 0 radical (unpaired) electrons. The van der Waals surface area contributed by atoms with Crippen molar-refractivity contribution in [3.63, 3.8) is 0 Å². The normalized spacial score (nSPS) is 15.5. The molecule has 128 valence electrons. The number of aromatic nitrogens is 2. The summed E-state index contributed by atoms with van der Waals surface area (Å²) in [5, 5.41) is 0.695. The van der Waals surface area contributed by atoms with Crippen LogP contribution in [0.15, 0.2) is 54.9 Å². The maximum atomic E-state index is 12.7. The van der Waals surface area contributed by atoms with Gasteiger partial charge in [-0.3, -0.25) is 4.79 Å². The number of carbonyl (C=O) groups is 1. The second kappa shape index (κ2) is 6.76. The van der Waals surface area contributed by atoms with E-state index < -0.39 is 0 Å². The van der Waals surface area contributed by atoms with Crippen LogP contribution in [0.2, 0.25) is 5.02 Å². The van der Waals surface area contributed by atoms with E-state index in [0.717, 1.165) is 24.2 Å². The topological polar surface area (TPSA) is 46.8 Å². The molecule has 1 aromatic carbocycles. The first-order chi connectivity index (χ1) is 12.2. The second-order valence-electron chi connectivity index (χ2n) is 6.16. The summed E-state index contributed by atoms with van der Waals surface area (Å²) in [6, 6.07) is 13.1. The monoisotopic (exact) mass is 355 g/mol. The molecule has 4 rings (SSSR count). The Kier molecular flexibility index (Phi) is 4.32. The zero-order valence-electron chi connectivity index (χ0n) is 13.6. The van der Waals surface area contributed by atoms with Crippen LogP contribution in [0.3, 0.4) is 0 Å². The molecule has 0 atom stereocenters. The molecular weight excluding hydrogens is 338 g/mol. The van der Waals surface area contributed by atoms with Gasteiger partial charge in [-0.05, 0) is 36.4 Å². The highest BCUT2D eigenvalue weighted by molar-refractivity contribution is 6.30. The van der Waals surface area contributed by atoms with Crippen molar-refractivity contribution in [2.75, 3.05) is 13.1 Å². The zero-order chi connectivity index (χ0) is 17.2. The molecule has 1 aliphatic rings. The van der Waals surface area contributed by atoms with Crippen molar-refractivity contribution >= 4 is 23.2 Å². The van der Waals surface area contributed by atoms with E-state index in [1.54, 1.807) is 6.20 Å². The molecule has 0 aliphatic carbocycles. The van der Waals surface area contributed by atoms with Crippen molar-refractivity contribution in [1.29, 1.82) is 0 Å². The Bertz CT molecular complexity index is 850. The van der Waals surface area contributed by atoms with Crippen LogP contribution in [0.4, 0.5) is 0 Å². The third kappa shape index (κ3) is 3.46. The lowest BCUT2D eigenvalue weighted by Crippen LogP contribution is -2.41. The number of pyridine rings is 1. The minimum absolute atomic E-state index is 0.0198. The predicted octanol–water partition coefficient (Wildman–Crippen LogP) is 3.67. The average molecular weight is 356 g/mol. The molecule has 1 aliphatic heterocycles. The third-order valence-electron chi connectivity index (χ3n) is 4.43. The van der Waals surface area contributed by atoms with Gasteiger partial charge in [-0.25, -0.2) is 4.98 Å². The lowest BCUT2D eigenvalue weighted by atomic mass is 10.1. The number of amides is 1. The van der Waals surface area contributed by atoms with Crippen LogP contribution >= 0.6 is 11.6 Å². The van der Waals surface area contributed by atoms with Crippen LogP contribution < -0.4 is 4.74 Å². The Hall–Kier alpha value is -2.53. The van der Waals surface area contributed by atoms with Crippen molar-refractivity contribution < 1.29 is 9.53 Å². The van der Waals surface area contributed by atoms with Gasteiger partial charge in [0.25, 0.3) is 5.91 Å². The van der Waals surface area contributed by atoms with Gasteiger partial charge in [0, 0.05) is 43.3 Å². The van der Waals surface area contributed by atoms with Gasteiger partial charge in [-0.15, -0.1) is 0 Å². The molecule has 3 aromatic rings. The van der Waals surface area contributed by atoms with Gasteiger partial charge in [-0.2, -0.15) is 0 Å². The number of carbonyl (C=O) groups excluding carboxylic acids is 1. The number of rotatable bonds is 3. The van der Waals surface area contributed by atoms with Gasteiger partial charge in [0.2, 0.25) is 0 Å². The molecule has 25 heavy (non-hydrogen) atoms. The highest BCUT2D eigenvalue weighted by Gasteiger charge is 2.26. The number of likely N-dealkylation sites (tertiary alicyclic amines) is 1. The number of imidazole rings is 1. The molecule has 2 aromatic heterocycles. The van der Waals surface area contributed by atoms with E-state index in [1.165, 1.54) is 0 Å². The van der Waals surface area contributed by atoms with Crippen LogP contribution in [-0.4, -0.2) is 39.4 Å². The predicted molar refractivity (Wildman–Crippen MR) is 96.2 cm³/mol. The molecule has 0 unspecified atom stereocenters. The van der Waals surface area contributed by atoms with Crippen LogP contribution in [0.1, 0.15) is 23.3 Å². The maximum absolute atomic E-state index is 12.7. The first-order valence-corrected chi connectivity index (χ1v) is 8.72. The molecule has 0 N–H and O–H groups in total. The molecular formula is C19H18ClN3O2. The first-order valence-electron chi connectivity index (χ1n) is 8.34. The molecule has 5 nitrogen and oxygen atoms in total. The van der Waals surface area contributed by atoms with E-state index in [2.05, 4.69) is 4.98 Å². The van der Waals surface area contributed by atoms with E-state index in [0.29, 0.717) is 23.8 Å². The summed E-state index contributed by atoms with van der Waals surface area (Å²) < 4.78 is 7.84. The molecule has 0 saturated carbocycles. The fraction of sp³-hybridized carbons (Fsp3) is 0.263. The summed E-state index contributed by atoms with van der Waals surface area (Å²) in [5.41, 5.74) is 1.27. The summed E-state index contributed by atoms with van der Waals surface area (Å²) >= 11 is 5.89. The highest BCUT2D eigenvalue weighted by Crippen LogP contribution is 2.22. The number of hydrogen-bond acceptors (Lipinski definition) is 3. The number of benzene rings is 1. The summed E-state index contributed by atoms with van der Waals surface area (Å²) in [6.07, 6.45) is 5.41. The number of ether oxygens (including phenoxy) is 1. The fourth-order valence-electron chi connectivity index (χ4n) is 3.08. The molecule has 1 fully saturated rings. The minimum Gasteiger partial charge on any atom is -0.490 e. The Labute approximate surface area is 150 Å². The van der Waals surface area contributed by atoms with Crippen molar-refractivity contribution in [3.05, 3.63) is 65.6 Å². The lowest BCUT2D eigenvalue weighted by Gasteiger charge is -2.31. The van der Waals surface area contributed by atoms with Gasteiger partial charge < -0.3 is 14.0 Å². The van der Waals surface area contributed by atoms with Crippen LogP contribution in [0.5, 0.6) is 5.75 Å². The molecule has 1 amide bonds. The summed E-state index contributed by atoms with van der Waals surface area (Å²) in [6.45, 7) is 1.34. The van der Waals surface area contributed by atoms with Gasteiger partial charge in [0.1, 0.15) is 23.2 Å². The standard InChI is InChI=1S/C19H18ClN3O2/c20-14-4-6-15(7-5-14)25-16-8-11-22(12-9-16)19(24)17-13-23-10-2-1-3-18(23)21-17/h1-7,10,13,16H,8-9,11-12H2. The summed E-state index contributed by atoms with van der Waals surface area (Å²) in [4.78, 5) is 18.9. The Morgan fingerprint density at radius 1 is 1.12 bits per heavy atom. The summed E-state index contributed by atoms with van der Waals surface area (Å²) in [5.74, 6) is 0.795. The van der Waals surface area contributed by atoms with Crippen molar-refractivity contribution in [2.24, 2.45) is 0 Å². The third-order valence-corrected chi connectivity index (χ3v) is 4.68. The Morgan fingerprint density at radius 2 is 1.88 bits per heavy atom. The number of hydrogen-bond donors (Lipinski definition) is 0. The molecule has 3 heterocycles. The number of piperidine rings is 1. The smallest absolute Gasteiger partial charge is 0.274 e. The Morgan fingerprint density at radius 3 is 2.60 bits per heavy atom. The SMILES string of the molecule is O=C(c1cn2ccccc2n1)N1CCC(Oc2ccc(Cl)cc2)CC1. The average Bonchev–Trinajstić information content (AvgIpc) is 3.08. The zero-order valence-corrected chi connectivity index (χ0v) is 14.4. The highest BCUT2D eigenvalue weighted by atomic mass is 35.5. The van der Waals surface area contributed by atoms with E-state index in [4.69, 9.17) is 16.3 Å². The Balaban J connectivity index is 1.37. The van der Waals surface area contributed by atoms with Crippen LogP contribution in [0, 0.1) is 0 Å². The van der Waals surface area contributed by atoms with Crippen molar-refractivity contribution in [2.45, 2.75) is 18.9 Å². The van der Waals surface area contributed by atoms with Crippen molar-refractivity contribution in [3.8, 4) is 5.75 Å². The van der Waals surface area contributed by atoms with Gasteiger partial charge in [-0.1, -0.05) is 17.7 Å². The number of halogens is 1. The fourth-order valence-corrected chi connectivity index (χ4v) is 3.21. The molecule has 0 spiro atoms. The minimum atomic E-state index is -0.0198. The first kappa shape index (κ1) is 16.0. The summed E-state index contributed by atoms with van der Waals surface area (Å²) in [7, 11) is 0. The molecule has 0 bridgehead atoms. The van der Waals surface area contributed by atoms with Gasteiger partial charge >= 0.3 is 0 Å². The number of fused-ring (bicyclic) bond motifs is 1. The second-order valence-corrected chi connectivity index (χ2v) is 6.59. The van der Waals surface area contributed by atoms with E-state index in [-0.39, 0.29) is 12.0 Å². The van der Waals surface area contributed by atoms with Gasteiger partial charge in [0.15, 0.2) is 0 Å². The van der Waals surface area contributed by atoms with Crippen LogP contribution in [0.25, 0.3) is 5.65 Å². The quantitative estimate of drug-likeness (QED) is 0.720. The lowest BCUT2D eigenvalue weighted by molar-refractivity contribution is 0.0591. The maximum Gasteiger partial charge on any atom is 0.274 e. The molecule has 6 heteroatoms. The van der Waals surface area contributed by atoms with E-state index in [1.807, 2.05) is 58.0 Å². The van der Waals surface area contributed by atoms with Crippen molar-refractivity contribution in [1.82, 2.24) is 14.3 Å². The number of nitrogens with zero attached hydrogens (tertiary/aromatic N) is 3.